The summed E-state index contributed by atoms with van der Waals surface area (Å²) in [6.07, 6.45) is 3.86. The van der Waals surface area contributed by atoms with Crippen molar-refractivity contribution in [2.75, 3.05) is 0 Å². The Labute approximate surface area is 246 Å². The van der Waals surface area contributed by atoms with Crippen LogP contribution in [0, 0.1) is 0 Å². The minimum absolute atomic E-state index is 0.0237. The van der Waals surface area contributed by atoms with Gasteiger partial charge in [0.05, 0.1) is 27.8 Å². The summed E-state index contributed by atoms with van der Waals surface area (Å²) in [5, 5.41) is 5.21. The van der Waals surface area contributed by atoms with E-state index >= 15 is 0 Å². The number of benzene rings is 4. The molecule has 4 aromatic carbocycles. The van der Waals surface area contributed by atoms with Crippen LogP contribution in [0.4, 0.5) is 0 Å². The lowest BCUT2D eigenvalue weighted by molar-refractivity contribution is 0.483. The van der Waals surface area contributed by atoms with Crippen molar-refractivity contribution < 1.29 is 4.74 Å². The van der Waals surface area contributed by atoms with Gasteiger partial charge in [0.2, 0.25) is 0 Å². The summed E-state index contributed by atoms with van der Waals surface area (Å²) in [6.45, 7) is 11.6. The van der Waals surface area contributed by atoms with Crippen molar-refractivity contribution >= 4 is 51.3 Å². The summed E-state index contributed by atoms with van der Waals surface area (Å²) in [5.41, 5.74) is 6.93. The Hall–Kier alpha value is -4.68. The maximum absolute atomic E-state index is 6.59. The average Bonchev–Trinajstić information content (AvgIpc) is 3.55. The molecule has 7 aromatic rings. The Morgan fingerprint density at radius 2 is 1.50 bits per heavy atom. The molecule has 1 aliphatic heterocycles. The van der Waals surface area contributed by atoms with Gasteiger partial charge in [-0.2, -0.15) is 0 Å². The minimum atomic E-state index is -1.89. The van der Waals surface area contributed by atoms with E-state index < -0.39 is 8.07 Å². The first-order valence-electron chi connectivity index (χ1n) is 14.5. The standard InChI is InChI=1S/C36H32N4OSi/c1-36(2,3)23-17-18-37-34(19-23)40-29-11-7-6-9-26(29)27-15-13-24(20-30(27)40)41-25-14-16-32-31(21-25)39-22-38-28-10-8-12-33(35(28)39)42(32,4)5/h6-22H,1-5H3. The van der Waals surface area contributed by atoms with Crippen molar-refractivity contribution in [3.8, 4) is 23.0 Å². The molecule has 3 aromatic heterocycles. The molecule has 0 bridgehead atoms. The first-order chi connectivity index (χ1) is 20.2. The molecule has 4 heterocycles. The van der Waals surface area contributed by atoms with E-state index in [0.717, 1.165) is 33.9 Å². The average molecular weight is 565 g/mol. The summed E-state index contributed by atoms with van der Waals surface area (Å²) in [7, 11) is -1.89. The molecule has 42 heavy (non-hydrogen) atoms. The molecule has 206 valence electrons. The number of ether oxygens (including phenoxy) is 1. The largest absolute Gasteiger partial charge is 0.457 e. The van der Waals surface area contributed by atoms with Crippen molar-refractivity contribution in [3.05, 3.63) is 109 Å². The van der Waals surface area contributed by atoms with Crippen LogP contribution in [0.3, 0.4) is 0 Å². The third-order valence-electron chi connectivity index (χ3n) is 8.86. The van der Waals surface area contributed by atoms with Crippen LogP contribution in [-0.4, -0.2) is 27.2 Å². The summed E-state index contributed by atoms with van der Waals surface area (Å²) in [6, 6.07) is 32.3. The van der Waals surface area contributed by atoms with Gasteiger partial charge in [0, 0.05) is 29.1 Å². The lowest BCUT2D eigenvalue weighted by Crippen LogP contribution is -2.57. The molecule has 8 rings (SSSR count). The van der Waals surface area contributed by atoms with Gasteiger partial charge in [-0.05, 0) is 63.8 Å². The second-order valence-corrected chi connectivity index (χ2v) is 17.2. The highest BCUT2D eigenvalue weighted by Gasteiger charge is 2.36. The molecule has 0 spiro atoms. The normalized spacial score (nSPS) is 14.0. The van der Waals surface area contributed by atoms with Gasteiger partial charge in [-0.3, -0.25) is 9.13 Å². The van der Waals surface area contributed by atoms with Gasteiger partial charge < -0.3 is 4.74 Å². The number of hydrogen-bond donors (Lipinski definition) is 0. The minimum Gasteiger partial charge on any atom is -0.457 e. The second-order valence-electron chi connectivity index (χ2n) is 12.9. The van der Waals surface area contributed by atoms with E-state index in [1.807, 2.05) is 12.5 Å². The van der Waals surface area contributed by atoms with Gasteiger partial charge in [0.15, 0.2) is 0 Å². The zero-order valence-corrected chi connectivity index (χ0v) is 25.5. The van der Waals surface area contributed by atoms with E-state index in [1.54, 1.807) is 0 Å². The Balaban J connectivity index is 1.26. The van der Waals surface area contributed by atoms with Gasteiger partial charge in [0.1, 0.15) is 31.7 Å². The molecule has 0 amide bonds. The molecule has 5 nitrogen and oxygen atoms in total. The van der Waals surface area contributed by atoms with Gasteiger partial charge in [-0.1, -0.05) is 70.3 Å². The molecule has 0 saturated carbocycles. The molecule has 0 N–H and O–H groups in total. The van der Waals surface area contributed by atoms with E-state index in [4.69, 9.17) is 14.7 Å². The summed E-state index contributed by atoms with van der Waals surface area (Å²) in [5.74, 6) is 2.52. The highest BCUT2D eigenvalue weighted by atomic mass is 28.3. The van der Waals surface area contributed by atoms with Crippen LogP contribution in [0.15, 0.2) is 104 Å². The molecule has 6 heteroatoms. The second kappa shape index (κ2) is 8.66. The fraction of sp³-hybridized carbons (Fsp3) is 0.167. The smallest absolute Gasteiger partial charge is 0.137 e. The molecule has 0 radical (unpaired) electrons. The van der Waals surface area contributed by atoms with Crippen LogP contribution in [-0.2, 0) is 5.41 Å². The Morgan fingerprint density at radius 1 is 0.714 bits per heavy atom. The first kappa shape index (κ1) is 25.1. The fourth-order valence-corrected chi connectivity index (χ4v) is 9.58. The summed E-state index contributed by atoms with van der Waals surface area (Å²) in [4.78, 5) is 9.54. The fourth-order valence-electron chi connectivity index (χ4n) is 6.61. The third-order valence-corrected chi connectivity index (χ3v) is 12.4. The maximum atomic E-state index is 6.59. The SMILES string of the molecule is CC(C)(C)c1ccnc(-n2c3ccccc3c3ccc(Oc4ccc5c(c4)-n4cnc6cccc(c64)[Si]5(C)C)cc32)c1. The van der Waals surface area contributed by atoms with Crippen LogP contribution in [0.5, 0.6) is 11.5 Å². The van der Waals surface area contributed by atoms with Crippen molar-refractivity contribution in [2.24, 2.45) is 0 Å². The number of fused-ring (bicyclic) bond motifs is 5. The molecular weight excluding hydrogens is 533 g/mol. The molecule has 0 saturated heterocycles. The highest BCUT2D eigenvalue weighted by Crippen LogP contribution is 2.36. The number of nitrogens with zero attached hydrogens (tertiary/aromatic N) is 4. The molecule has 0 fully saturated rings. The predicted octanol–water partition coefficient (Wildman–Crippen LogP) is 7.74. The number of aromatic nitrogens is 4. The van der Waals surface area contributed by atoms with Gasteiger partial charge in [-0.15, -0.1) is 0 Å². The van der Waals surface area contributed by atoms with E-state index in [0.29, 0.717) is 0 Å². The summed E-state index contributed by atoms with van der Waals surface area (Å²) >= 11 is 0. The zero-order valence-electron chi connectivity index (χ0n) is 24.5. The Kier molecular flexibility index (Phi) is 5.17. The predicted molar refractivity (Wildman–Crippen MR) is 175 cm³/mol. The van der Waals surface area contributed by atoms with Gasteiger partial charge in [0.25, 0.3) is 0 Å². The molecule has 1 aliphatic rings. The molecule has 0 aliphatic carbocycles. The Morgan fingerprint density at radius 3 is 2.36 bits per heavy atom. The van der Waals surface area contributed by atoms with Crippen molar-refractivity contribution in [1.29, 1.82) is 0 Å². The van der Waals surface area contributed by atoms with E-state index in [2.05, 4.69) is 134 Å². The Bertz CT molecular complexity index is 2200. The number of hydrogen-bond acceptors (Lipinski definition) is 3. The summed E-state index contributed by atoms with van der Waals surface area (Å²) < 4.78 is 11.1. The van der Waals surface area contributed by atoms with Crippen LogP contribution < -0.4 is 15.1 Å². The zero-order chi connectivity index (χ0) is 28.8. The third kappa shape index (κ3) is 3.61. The topological polar surface area (TPSA) is 44.9 Å². The molecule has 0 atom stereocenters. The van der Waals surface area contributed by atoms with Crippen LogP contribution in [0.25, 0.3) is 44.3 Å². The highest BCUT2D eigenvalue weighted by molar-refractivity contribution is 7.02. The van der Waals surface area contributed by atoms with Gasteiger partial charge >= 0.3 is 0 Å². The molecule has 0 unspecified atom stereocenters. The van der Waals surface area contributed by atoms with Gasteiger partial charge in [-0.25, -0.2) is 9.97 Å². The lowest BCUT2D eigenvalue weighted by Gasteiger charge is -2.32. The number of pyridine rings is 1. The number of rotatable bonds is 3. The van der Waals surface area contributed by atoms with Crippen molar-refractivity contribution in [2.45, 2.75) is 39.3 Å². The van der Waals surface area contributed by atoms with Crippen LogP contribution in [0.2, 0.25) is 13.1 Å². The van der Waals surface area contributed by atoms with E-state index in [-0.39, 0.29) is 5.41 Å². The van der Waals surface area contributed by atoms with Crippen LogP contribution in [0.1, 0.15) is 26.3 Å². The van der Waals surface area contributed by atoms with E-state index in [9.17, 15) is 0 Å². The molecular formula is C36H32N4OSi. The number of para-hydroxylation sites is 2. The van der Waals surface area contributed by atoms with Crippen molar-refractivity contribution in [1.82, 2.24) is 19.1 Å². The lowest BCUT2D eigenvalue weighted by atomic mass is 9.88. The monoisotopic (exact) mass is 564 g/mol. The quantitative estimate of drug-likeness (QED) is 0.206. The maximum Gasteiger partial charge on any atom is 0.137 e. The number of imidazole rings is 1. The van der Waals surface area contributed by atoms with E-state index in [1.165, 1.54) is 37.9 Å². The van der Waals surface area contributed by atoms with Crippen molar-refractivity contribution in [3.63, 3.8) is 0 Å². The van der Waals surface area contributed by atoms with Crippen LogP contribution >= 0.6 is 0 Å². The first-order valence-corrected chi connectivity index (χ1v) is 17.5.